The van der Waals surface area contributed by atoms with E-state index in [1.165, 1.54) is 141 Å². The summed E-state index contributed by atoms with van der Waals surface area (Å²) in [4.78, 5) is 81.2. The number of nitro groups is 1. The monoisotopic (exact) mass is 1790 g/mol. The highest BCUT2D eigenvalue weighted by molar-refractivity contribution is 14.1. The van der Waals surface area contributed by atoms with Crippen LogP contribution in [0.2, 0.25) is 10.0 Å². The third-order valence-electron chi connectivity index (χ3n) is 18.2. The van der Waals surface area contributed by atoms with Crippen molar-refractivity contribution in [3.8, 4) is 5.75 Å². The Morgan fingerprint density at radius 1 is 0.396 bits per heavy atom. The van der Waals surface area contributed by atoms with E-state index in [1.807, 2.05) is 97.4 Å². The van der Waals surface area contributed by atoms with Crippen molar-refractivity contribution in [3.05, 3.63) is 280 Å². The van der Waals surface area contributed by atoms with Crippen LogP contribution >= 0.6 is 117 Å². The molecule has 6 heterocycles. The number of para-hydroxylation sites is 1. The van der Waals surface area contributed by atoms with Crippen molar-refractivity contribution < 1.29 is 79.7 Å². The second-order valence-corrected chi connectivity index (χ2v) is 30.9. The molecule has 8 aromatic carbocycles. The molecule has 6 saturated heterocycles. The molecule has 6 aliphatic heterocycles. The van der Waals surface area contributed by atoms with Crippen LogP contribution in [0.3, 0.4) is 0 Å². The largest absolute Gasteiger partial charge is 0.478 e. The second-order valence-electron chi connectivity index (χ2n) is 24.2. The normalized spacial score (nSPS) is 22.6. The zero-order chi connectivity index (χ0) is 80.5. The molecule has 8 aromatic rings. The van der Waals surface area contributed by atoms with Crippen LogP contribution in [0.4, 0.5) is 23.2 Å². The molecule has 0 N–H and O–H groups in total. The van der Waals surface area contributed by atoms with Gasteiger partial charge in [-0.05, 0) is 135 Å². The molecule has 0 spiro atoms. The first-order valence-corrected chi connectivity index (χ1v) is 42.2. The summed E-state index contributed by atoms with van der Waals surface area (Å²) in [7, 11) is 7.46. The molecule has 12 atom stereocenters. The van der Waals surface area contributed by atoms with Gasteiger partial charge in [0.15, 0.2) is 30.5 Å². The van der Waals surface area contributed by atoms with E-state index in [4.69, 9.17) is 51.6 Å². The maximum absolute atomic E-state index is 13.6. The maximum Gasteiger partial charge on any atom is 0.276 e. The lowest BCUT2D eigenvalue weighted by Crippen LogP contribution is -2.57. The van der Waals surface area contributed by atoms with Gasteiger partial charge < -0.3 is 28.4 Å². The first kappa shape index (κ1) is 87.7. The van der Waals surface area contributed by atoms with E-state index in [2.05, 4.69) is 34.7 Å². The van der Waals surface area contributed by atoms with Gasteiger partial charge in [0.2, 0.25) is 6.10 Å². The number of rotatable bonds is 22. The standard InChI is InChI=1S/C17H16ClNO2S.C16H14N2O4S.C11H11ClFNO2S.C11H11F2NO2S.C11H12FNO2S.C11H12INO2S/c1-21-16-15(13-9-5-6-10-14(13)18)19(17(16)20)22-11-12-7-3-2-4-8-12;1-23-17-14(11-7-9-12(10-8-11)18(20)21)15(16(17)19)22-13-5-3-2-4-6-13;1-16-10-9(14(17-2)11(10)15)6-3-4-7(12)8(13)5-6;1-16-10-9(14(17-2)11(10)15)7-5-6(12)3-4-8(7)13;2*1-15-10-9(13(16-2)11(10)14)7-5-3-4-6-8(7)12/h2-10,15-16H,11H2,1H3;2-10,14-15H,1H3;2*3-5,9-10H,1-2H3;2*3-6,9-10H,1-2H3. The molecule has 111 heavy (non-hydrogen) atoms. The summed E-state index contributed by atoms with van der Waals surface area (Å²) in [6.07, 6.45) is 5.76. The van der Waals surface area contributed by atoms with Crippen molar-refractivity contribution in [1.29, 1.82) is 0 Å². The van der Waals surface area contributed by atoms with E-state index >= 15 is 0 Å². The van der Waals surface area contributed by atoms with Gasteiger partial charge in [-0.15, -0.1) is 0 Å². The zero-order valence-electron chi connectivity index (χ0n) is 61.1. The van der Waals surface area contributed by atoms with Crippen molar-refractivity contribution in [2.24, 2.45) is 0 Å². The number of nitrogens with zero attached hydrogens (tertiary/aromatic N) is 7. The van der Waals surface area contributed by atoms with Crippen LogP contribution in [0.15, 0.2) is 194 Å². The molecule has 34 heteroatoms. The SMILES string of the molecule is COC1C(=O)N(SC)C1c1cc(F)ccc1F.COC1C(=O)N(SC)C1c1ccc(Cl)c(F)c1.COC1C(=O)N(SC)C1c1ccccc1F.COC1C(=O)N(SC)C1c1ccccc1I.COC1C(=O)N(SCc2ccccc2)C1c1ccccc1Cl.CSN1C(=O)C(Oc2ccccc2)C1c1ccc([N+](=O)[O-])cc1. The van der Waals surface area contributed by atoms with Gasteiger partial charge in [-0.2, -0.15) is 0 Å². The Morgan fingerprint density at radius 3 is 1.26 bits per heavy atom. The van der Waals surface area contributed by atoms with Gasteiger partial charge in [0, 0.05) is 104 Å². The van der Waals surface area contributed by atoms with Crippen molar-refractivity contribution in [3.63, 3.8) is 0 Å². The van der Waals surface area contributed by atoms with Crippen molar-refractivity contribution in [2.75, 3.05) is 66.8 Å². The van der Waals surface area contributed by atoms with Crippen LogP contribution < -0.4 is 4.74 Å². The van der Waals surface area contributed by atoms with Crippen LogP contribution in [0.5, 0.6) is 5.75 Å². The average molecular weight is 1790 g/mol. The van der Waals surface area contributed by atoms with Gasteiger partial charge in [-0.3, -0.25) is 64.7 Å². The number of nitro benzene ring substituents is 1. The average Bonchev–Trinajstić information content (AvgIpc) is 0.789. The Balaban J connectivity index is 0.000000154. The molecule has 0 saturated carbocycles. The van der Waals surface area contributed by atoms with Gasteiger partial charge in [0.25, 0.3) is 41.1 Å². The molecule has 12 unspecified atom stereocenters. The second kappa shape index (κ2) is 41.1. The molecule has 588 valence electrons. The van der Waals surface area contributed by atoms with E-state index < -0.39 is 58.9 Å². The number of benzene rings is 8. The summed E-state index contributed by atoms with van der Waals surface area (Å²) in [6, 6.07) is 53.8. The molecule has 6 amide bonds. The van der Waals surface area contributed by atoms with Crippen LogP contribution in [-0.4, -0.2) is 170 Å². The first-order valence-electron chi connectivity index (χ1n) is 33.5. The molecular formula is C77H76Cl2F4IN7O14S6. The van der Waals surface area contributed by atoms with Gasteiger partial charge in [-0.1, -0.05) is 192 Å². The molecule has 14 rings (SSSR count). The smallest absolute Gasteiger partial charge is 0.276 e. The lowest BCUT2D eigenvalue weighted by atomic mass is 9.93. The van der Waals surface area contributed by atoms with E-state index in [-0.39, 0.29) is 93.8 Å². The summed E-state index contributed by atoms with van der Waals surface area (Å²) < 4.78 is 96.1. The summed E-state index contributed by atoms with van der Waals surface area (Å²) >= 11 is 22.2. The molecule has 6 aliphatic rings. The summed E-state index contributed by atoms with van der Waals surface area (Å²) in [6.45, 7) is 0. The predicted octanol–water partition coefficient (Wildman–Crippen LogP) is 16.6. The number of non-ortho nitro benzene ring substituents is 1. The Labute approximate surface area is 689 Å². The number of hydrogen-bond acceptors (Lipinski definition) is 20. The Bertz CT molecular complexity index is 4450. The van der Waals surface area contributed by atoms with E-state index in [1.54, 1.807) is 98.7 Å². The minimum atomic E-state index is -0.737. The summed E-state index contributed by atoms with van der Waals surface area (Å²) in [5, 5.41) is 11.5. The number of carbonyl (C=O) groups is 6. The molecule has 0 aliphatic carbocycles. The molecule has 0 radical (unpaired) electrons. The topological polar surface area (TPSA) is 220 Å². The minimum absolute atomic E-state index is 0.00616. The maximum atomic E-state index is 13.6. The summed E-state index contributed by atoms with van der Waals surface area (Å²) in [5.41, 5.74) is 5.43. The molecule has 6 fully saturated rings. The van der Waals surface area contributed by atoms with Gasteiger partial charge >= 0.3 is 0 Å². The number of methoxy groups -OCH3 is 5. The highest BCUT2D eigenvalue weighted by Gasteiger charge is 2.54. The van der Waals surface area contributed by atoms with E-state index in [9.17, 15) is 56.4 Å². The number of β-lactam (4-membered cyclic amide) rings is 6. The Kier molecular flexibility index (Phi) is 32.5. The molecular weight excluding hydrogens is 1710 g/mol. The van der Waals surface area contributed by atoms with Crippen molar-refractivity contribution >= 4 is 159 Å². The fourth-order valence-electron chi connectivity index (χ4n) is 12.6. The zero-order valence-corrected chi connectivity index (χ0v) is 69.6. The highest BCUT2D eigenvalue weighted by Crippen LogP contribution is 2.48. The Morgan fingerprint density at radius 2 is 0.784 bits per heavy atom. The number of ether oxygens (including phenoxy) is 6. The third kappa shape index (κ3) is 19.6. The molecule has 0 bridgehead atoms. The number of hydrogen-bond donors (Lipinski definition) is 0. The summed E-state index contributed by atoms with van der Waals surface area (Å²) in [5.74, 6) is -0.986. The van der Waals surface area contributed by atoms with Crippen LogP contribution in [0.1, 0.15) is 75.2 Å². The molecule has 21 nitrogen and oxygen atoms in total. The highest BCUT2D eigenvalue weighted by atomic mass is 127. The first-order chi connectivity index (χ1) is 53.4. The number of halogens is 7. The van der Waals surface area contributed by atoms with Crippen molar-refractivity contribution in [1.82, 2.24) is 25.8 Å². The predicted molar refractivity (Wildman–Crippen MR) is 436 cm³/mol. The van der Waals surface area contributed by atoms with Crippen molar-refractivity contribution in [2.45, 2.75) is 78.6 Å². The lowest BCUT2D eigenvalue weighted by molar-refractivity contribution is -0.384. The van der Waals surface area contributed by atoms with E-state index in [0.717, 1.165) is 40.6 Å². The van der Waals surface area contributed by atoms with Gasteiger partial charge in [0.1, 0.15) is 65.3 Å². The van der Waals surface area contributed by atoms with Crippen LogP contribution in [0, 0.1) is 37.0 Å². The van der Waals surface area contributed by atoms with E-state index in [0.29, 0.717) is 21.9 Å². The van der Waals surface area contributed by atoms with Crippen LogP contribution in [0.25, 0.3) is 0 Å². The fraction of sp³-hybridized carbons (Fsp3) is 0.299. The fourth-order valence-corrected chi connectivity index (χ4v) is 18.4. The number of amides is 6. The van der Waals surface area contributed by atoms with Gasteiger partial charge in [-0.25, -0.2) is 17.6 Å². The van der Waals surface area contributed by atoms with Gasteiger partial charge in [0.05, 0.1) is 9.95 Å². The van der Waals surface area contributed by atoms with Crippen LogP contribution in [-0.2, 0) is 58.2 Å². The quantitative estimate of drug-likeness (QED) is 0.0154. The lowest BCUT2D eigenvalue weighted by Gasteiger charge is -2.45. The minimum Gasteiger partial charge on any atom is -0.478 e. The number of carbonyl (C=O) groups excluding carboxylic acids is 6. The molecule has 0 aromatic heterocycles. The third-order valence-corrected chi connectivity index (χ3v) is 24.9. The Hall–Kier alpha value is -7.29.